The van der Waals surface area contributed by atoms with E-state index in [-0.39, 0.29) is 12.3 Å². The molecule has 0 atom stereocenters. The van der Waals surface area contributed by atoms with Crippen LogP contribution in [-0.4, -0.2) is 24.4 Å². The highest BCUT2D eigenvalue weighted by molar-refractivity contribution is 7.80. The number of alkyl halides is 3. The topological polar surface area (TPSA) is 29.1 Å². The first-order valence-electron chi connectivity index (χ1n) is 2.44. The van der Waals surface area contributed by atoms with Crippen LogP contribution in [0.25, 0.3) is 0 Å². The zero-order chi connectivity index (χ0) is 8.20. The molecular weight excluding hydrogens is 167 g/mol. The van der Waals surface area contributed by atoms with Crippen LogP contribution in [0.5, 0.6) is 0 Å². The smallest absolute Gasteiger partial charge is 0.347 e. The molecule has 2 nitrogen and oxygen atoms in total. The minimum absolute atomic E-state index is 0.0680. The quantitative estimate of drug-likeness (QED) is 0.588. The van der Waals surface area contributed by atoms with Crippen LogP contribution < -0.4 is 5.32 Å². The number of rotatable bonds is 2. The van der Waals surface area contributed by atoms with E-state index in [0.29, 0.717) is 0 Å². The molecule has 0 unspecified atom stereocenters. The van der Waals surface area contributed by atoms with Crippen molar-refractivity contribution in [3.05, 3.63) is 0 Å². The summed E-state index contributed by atoms with van der Waals surface area (Å²) in [5.41, 5.74) is 0. The molecule has 0 saturated carbocycles. The van der Waals surface area contributed by atoms with Crippen LogP contribution >= 0.6 is 12.6 Å². The van der Waals surface area contributed by atoms with Crippen LogP contribution in [-0.2, 0) is 4.79 Å². The highest BCUT2D eigenvalue weighted by Gasteiger charge is 2.37. The molecular formula is C4H6F3NOS. The number of nitrogens with one attached hydrogen (secondary N) is 1. The van der Waals surface area contributed by atoms with Crippen molar-refractivity contribution in [2.24, 2.45) is 0 Å². The first-order valence-corrected chi connectivity index (χ1v) is 3.07. The summed E-state index contributed by atoms with van der Waals surface area (Å²) in [6.45, 7) is -0.0680. The van der Waals surface area contributed by atoms with Gasteiger partial charge >= 0.3 is 12.1 Å². The zero-order valence-corrected chi connectivity index (χ0v) is 5.80. The van der Waals surface area contributed by atoms with E-state index in [1.54, 1.807) is 5.32 Å². The Kier molecular flexibility index (Phi) is 3.55. The fraction of sp³-hybridized carbons (Fsp3) is 0.750. The molecule has 0 bridgehead atoms. The Balaban J connectivity index is 3.64. The van der Waals surface area contributed by atoms with Gasteiger partial charge < -0.3 is 5.32 Å². The van der Waals surface area contributed by atoms with E-state index in [2.05, 4.69) is 12.6 Å². The lowest BCUT2D eigenvalue weighted by Gasteiger charge is -2.04. The summed E-state index contributed by atoms with van der Waals surface area (Å²) in [5.74, 6) is -1.72. The molecule has 0 aromatic rings. The Labute approximate surface area is 61.2 Å². The fourth-order valence-electron chi connectivity index (χ4n) is 0.270. The molecule has 0 saturated heterocycles. The van der Waals surface area contributed by atoms with Crippen LogP contribution in [0.4, 0.5) is 13.2 Å². The Bertz CT molecular complexity index is 124. The lowest BCUT2D eigenvalue weighted by molar-refractivity contribution is -0.173. The van der Waals surface area contributed by atoms with Gasteiger partial charge in [-0.05, 0) is 0 Å². The van der Waals surface area contributed by atoms with E-state index in [0.717, 1.165) is 0 Å². The first-order chi connectivity index (χ1) is 4.48. The average molecular weight is 173 g/mol. The fourth-order valence-corrected chi connectivity index (χ4v) is 0.381. The average Bonchev–Trinajstić information content (AvgIpc) is 1.80. The van der Waals surface area contributed by atoms with Crippen LogP contribution in [0, 0.1) is 0 Å². The maximum atomic E-state index is 11.3. The predicted molar refractivity (Wildman–Crippen MR) is 32.9 cm³/mol. The molecule has 1 N–H and O–H groups in total. The van der Waals surface area contributed by atoms with Crippen LogP contribution in [0.15, 0.2) is 0 Å². The van der Waals surface area contributed by atoms with Crippen LogP contribution in [0.1, 0.15) is 0 Å². The monoisotopic (exact) mass is 173 g/mol. The second-order valence-electron chi connectivity index (χ2n) is 1.48. The van der Waals surface area contributed by atoms with E-state index >= 15 is 0 Å². The van der Waals surface area contributed by atoms with Gasteiger partial charge in [0.1, 0.15) is 0 Å². The second kappa shape index (κ2) is 3.70. The van der Waals surface area contributed by atoms with Crippen LogP contribution in [0.3, 0.4) is 0 Å². The summed E-state index contributed by atoms with van der Waals surface area (Å²) in [6, 6.07) is 0. The van der Waals surface area contributed by atoms with E-state index in [4.69, 9.17) is 0 Å². The number of amides is 1. The number of halogens is 3. The summed E-state index contributed by atoms with van der Waals surface area (Å²) in [5, 5.41) is 1.63. The standard InChI is InChI=1S/C4H6F3NOS/c5-4(6,7)3(9)8-1-2-10/h10H,1-2H2,(H,8,9). The maximum absolute atomic E-state index is 11.3. The Morgan fingerprint density at radius 1 is 1.50 bits per heavy atom. The van der Waals surface area contributed by atoms with Crippen molar-refractivity contribution in [3.8, 4) is 0 Å². The van der Waals surface area contributed by atoms with E-state index in [1.165, 1.54) is 0 Å². The molecule has 0 spiro atoms. The lowest BCUT2D eigenvalue weighted by atomic mass is 10.5. The van der Waals surface area contributed by atoms with Gasteiger partial charge in [-0.2, -0.15) is 25.8 Å². The molecule has 0 heterocycles. The number of hydrogen-bond acceptors (Lipinski definition) is 2. The molecule has 6 heteroatoms. The van der Waals surface area contributed by atoms with Crippen molar-refractivity contribution in [3.63, 3.8) is 0 Å². The van der Waals surface area contributed by atoms with Gasteiger partial charge in [0.05, 0.1) is 0 Å². The van der Waals surface area contributed by atoms with Crippen molar-refractivity contribution >= 4 is 18.5 Å². The highest BCUT2D eigenvalue weighted by Crippen LogP contribution is 2.13. The van der Waals surface area contributed by atoms with Crippen molar-refractivity contribution in [2.45, 2.75) is 6.18 Å². The maximum Gasteiger partial charge on any atom is 0.471 e. The molecule has 0 fully saturated rings. The van der Waals surface area contributed by atoms with Crippen molar-refractivity contribution < 1.29 is 18.0 Å². The van der Waals surface area contributed by atoms with Gasteiger partial charge in [0, 0.05) is 12.3 Å². The van der Waals surface area contributed by atoms with E-state index in [1.807, 2.05) is 0 Å². The minimum Gasteiger partial charge on any atom is -0.347 e. The van der Waals surface area contributed by atoms with Crippen molar-refractivity contribution in [1.82, 2.24) is 5.32 Å². The summed E-state index contributed by atoms with van der Waals surface area (Å²) in [6.07, 6.45) is -4.77. The number of hydrogen-bond donors (Lipinski definition) is 2. The molecule has 0 radical (unpaired) electrons. The highest BCUT2D eigenvalue weighted by atomic mass is 32.1. The first kappa shape index (κ1) is 9.61. The summed E-state index contributed by atoms with van der Waals surface area (Å²) in [7, 11) is 0. The lowest BCUT2D eigenvalue weighted by Crippen LogP contribution is -2.37. The zero-order valence-electron chi connectivity index (χ0n) is 4.90. The Morgan fingerprint density at radius 3 is 2.30 bits per heavy atom. The van der Waals surface area contributed by atoms with Gasteiger partial charge in [-0.3, -0.25) is 4.79 Å². The van der Waals surface area contributed by atoms with Gasteiger partial charge in [-0.25, -0.2) is 0 Å². The molecule has 0 aromatic carbocycles. The molecule has 60 valence electrons. The normalized spacial score (nSPS) is 11.2. The van der Waals surface area contributed by atoms with Crippen LogP contribution in [0.2, 0.25) is 0 Å². The third-order valence-corrected chi connectivity index (χ3v) is 0.878. The van der Waals surface area contributed by atoms with Gasteiger partial charge in [-0.1, -0.05) is 0 Å². The molecule has 0 rings (SSSR count). The van der Waals surface area contributed by atoms with Gasteiger partial charge in [0.15, 0.2) is 0 Å². The number of carbonyl (C=O) groups is 1. The predicted octanol–water partition coefficient (Wildman–Crippen LogP) is 0.595. The largest absolute Gasteiger partial charge is 0.471 e. The molecule has 0 aromatic heterocycles. The molecule has 1 amide bonds. The third kappa shape index (κ3) is 3.60. The Hall–Kier alpha value is -0.390. The Morgan fingerprint density at radius 2 is 2.00 bits per heavy atom. The third-order valence-electron chi connectivity index (χ3n) is 0.655. The minimum atomic E-state index is -4.77. The molecule has 0 aliphatic carbocycles. The molecule has 0 aliphatic heterocycles. The van der Waals surface area contributed by atoms with Gasteiger partial charge in [0.25, 0.3) is 0 Å². The molecule has 0 aliphatic rings. The van der Waals surface area contributed by atoms with E-state index < -0.39 is 12.1 Å². The summed E-state index contributed by atoms with van der Waals surface area (Å²) >= 11 is 3.61. The number of carbonyl (C=O) groups excluding carboxylic acids is 1. The summed E-state index contributed by atoms with van der Waals surface area (Å²) < 4.78 is 34.0. The second-order valence-corrected chi connectivity index (χ2v) is 1.92. The van der Waals surface area contributed by atoms with Crippen molar-refractivity contribution in [2.75, 3.05) is 12.3 Å². The number of thiol groups is 1. The summed E-state index contributed by atoms with van der Waals surface area (Å²) in [4.78, 5) is 9.95. The van der Waals surface area contributed by atoms with Crippen molar-refractivity contribution in [1.29, 1.82) is 0 Å². The SMILES string of the molecule is O=C(NCCS)C(F)(F)F. The van der Waals surface area contributed by atoms with Gasteiger partial charge in [-0.15, -0.1) is 0 Å². The van der Waals surface area contributed by atoms with Gasteiger partial charge in [0.2, 0.25) is 0 Å². The molecule has 10 heavy (non-hydrogen) atoms. The van der Waals surface area contributed by atoms with E-state index in [9.17, 15) is 18.0 Å².